The zero-order valence-corrected chi connectivity index (χ0v) is 11.8. The molecule has 20 heavy (non-hydrogen) atoms. The third-order valence-electron chi connectivity index (χ3n) is 2.88. The van der Waals surface area contributed by atoms with Crippen LogP contribution in [0.4, 0.5) is 10.1 Å². The van der Waals surface area contributed by atoms with Gasteiger partial charge in [0.15, 0.2) is 5.82 Å². The van der Waals surface area contributed by atoms with Crippen LogP contribution in [-0.2, 0) is 11.3 Å². The number of benzene rings is 1. The van der Waals surface area contributed by atoms with Crippen molar-refractivity contribution in [2.24, 2.45) is 0 Å². The Bertz CT molecular complexity index is 744. The highest BCUT2D eigenvalue weighted by molar-refractivity contribution is 9.10. The molecule has 1 aliphatic heterocycles. The number of carbonyl (C=O) groups is 2. The molecule has 2 heterocycles. The van der Waals surface area contributed by atoms with Crippen molar-refractivity contribution in [1.82, 2.24) is 10.1 Å². The number of carbonyl (C=O) groups excluding carboxylic acids is 2. The smallest absolute Gasteiger partial charge is 0.299 e. The third kappa shape index (κ3) is 1.92. The SMILES string of the molecule is Cc1noc(CN2C(=O)C(=O)c3cc(Br)c(F)cc32)n1. The summed E-state index contributed by atoms with van der Waals surface area (Å²) in [5.74, 6) is -1.39. The van der Waals surface area contributed by atoms with E-state index in [-0.39, 0.29) is 28.2 Å². The third-order valence-corrected chi connectivity index (χ3v) is 3.48. The quantitative estimate of drug-likeness (QED) is 0.782. The second kappa shape index (κ2) is 4.48. The van der Waals surface area contributed by atoms with Gasteiger partial charge in [0.1, 0.15) is 12.4 Å². The average Bonchev–Trinajstić information content (AvgIpc) is 2.90. The average molecular weight is 340 g/mol. The van der Waals surface area contributed by atoms with Crippen molar-refractivity contribution in [2.75, 3.05) is 4.90 Å². The van der Waals surface area contributed by atoms with Gasteiger partial charge in [0.05, 0.1) is 15.7 Å². The first-order valence-corrected chi connectivity index (χ1v) is 6.41. The standard InChI is InChI=1S/C12H7BrFN3O3/c1-5-15-10(20-16-5)4-17-9-3-8(14)7(13)2-6(9)11(18)12(17)19/h2-3H,4H2,1H3. The van der Waals surface area contributed by atoms with Crippen LogP contribution in [0.15, 0.2) is 21.1 Å². The van der Waals surface area contributed by atoms with E-state index in [1.807, 2.05) is 0 Å². The van der Waals surface area contributed by atoms with Crippen LogP contribution in [0.1, 0.15) is 22.1 Å². The van der Waals surface area contributed by atoms with Crippen LogP contribution in [0.5, 0.6) is 0 Å². The number of fused-ring (bicyclic) bond motifs is 1. The van der Waals surface area contributed by atoms with Gasteiger partial charge in [0.25, 0.3) is 11.7 Å². The highest BCUT2D eigenvalue weighted by Gasteiger charge is 2.37. The van der Waals surface area contributed by atoms with E-state index >= 15 is 0 Å². The lowest BCUT2D eigenvalue weighted by atomic mass is 10.1. The van der Waals surface area contributed by atoms with Gasteiger partial charge in [-0.25, -0.2) is 4.39 Å². The van der Waals surface area contributed by atoms with Gasteiger partial charge in [-0.05, 0) is 35.0 Å². The Balaban J connectivity index is 2.03. The topological polar surface area (TPSA) is 76.3 Å². The fraction of sp³-hybridized carbons (Fsp3) is 0.167. The minimum absolute atomic E-state index is 0.0700. The molecule has 0 saturated carbocycles. The van der Waals surface area contributed by atoms with Crippen LogP contribution in [0.3, 0.4) is 0 Å². The van der Waals surface area contributed by atoms with Crippen molar-refractivity contribution >= 4 is 33.3 Å². The Morgan fingerprint density at radius 1 is 1.40 bits per heavy atom. The van der Waals surface area contributed by atoms with Crippen molar-refractivity contribution in [3.8, 4) is 0 Å². The molecular formula is C12H7BrFN3O3. The van der Waals surface area contributed by atoms with Crippen molar-refractivity contribution in [3.63, 3.8) is 0 Å². The number of rotatable bonds is 2. The van der Waals surface area contributed by atoms with Gasteiger partial charge in [0.2, 0.25) is 5.89 Å². The van der Waals surface area contributed by atoms with Crippen molar-refractivity contribution < 1.29 is 18.5 Å². The number of hydrogen-bond acceptors (Lipinski definition) is 5. The van der Waals surface area contributed by atoms with Crippen LogP contribution in [0, 0.1) is 12.7 Å². The maximum absolute atomic E-state index is 13.6. The second-order valence-electron chi connectivity index (χ2n) is 4.24. The number of amides is 1. The molecule has 0 aliphatic carbocycles. The minimum atomic E-state index is -0.742. The van der Waals surface area contributed by atoms with E-state index in [0.29, 0.717) is 5.82 Å². The molecule has 1 aromatic heterocycles. The molecule has 0 atom stereocenters. The number of Topliss-reactive ketones (excluding diaryl/α,β-unsaturated/α-hetero) is 1. The number of hydrogen-bond donors (Lipinski definition) is 0. The van der Waals surface area contributed by atoms with E-state index in [2.05, 4.69) is 26.1 Å². The first-order valence-electron chi connectivity index (χ1n) is 5.62. The molecule has 1 amide bonds. The largest absolute Gasteiger partial charge is 0.337 e. The number of nitrogens with zero attached hydrogens (tertiary/aromatic N) is 3. The van der Waals surface area contributed by atoms with Gasteiger partial charge in [-0.1, -0.05) is 5.16 Å². The molecule has 0 spiro atoms. The van der Waals surface area contributed by atoms with Gasteiger partial charge >= 0.3 is 0 Å². The van der Waals surface area contributed by atoms with Crippen LogP contribution in [0.2, 0.25) is 0 Å². The molecule has 3 rings (SSSR count). The lowest BCUT2D eigenvalue weighted by molar-refractivity contribution is -0.114. The molecular weight excluding hydrogens is 333 g/mol. The Hall–Kier alpha value is -2.09. The summed E-state index contributed by atoms with van der Waals surface area (Å²) in [6, 6.07) is 2.43. The molecule has 0 fully saturated rings. The fourth-order valence-corrected chi connectivity index (χ4v) is 2.33. The van der Waals surface area contributed by atoms with E-state index in [0.717, 1.165) is 11.0 Å². The number of halogens is 2. The van der Waals surface area contributed by atoms with Gasteiger partial charge in [-0.15, -0.1) is 0 Å². The van der Waals surface area contributed by atoms with Crippen LogP contribution < -0.4 is 4.90 Å². The Morgan fingerprint density at radius 3 is 2.80 bits per heavy atom. The summed E-state index contributed by atoms with van der Waals surface area (Å²) in [6.07, 6.45) is 0. The first-order chi connectivity index (χ1) is 9.47. The van der Waals surface area contributed by atoms with Crippen molar-refractivity contribution in [1.29, 1.82) is 0 Å². The van der Waals surface area contributed by atoms with Gasteiger partial charge in [0, 0.05) is 0 Å². The zero-order chi connectivity index (χ0) is 14.4. The highest BCUT2D eigenvalue weighted by Crippen LogP contribution is 2.34. The van der Waals surface area contributed by atoms with Crippen molar-refractivity contribution in [3.05, 3.63) is 39.7 Å². The summed E-state index contributed by atoms with van der Waals surface area (Å²) in [5, 5.41) is 3.60. The van der Waals surface area contributed by atoms with Gasteiger partial charge in [-0.3, -0.25) is 14.5 Å². The Kier molecular flexibility index (Phi) is 2.89. The number of ketones is 1. The first kappa shape index (κ1) is 12.9. The van der Waals surface area contributed by atoms with Gasteiger partial charge in [-0.2, -0.15) is 4.98 Å². The Labute approximate surface area is 120 Å². The molecule has 1 aromatic carbocycles. The fourth-order valence-electron chi connectivity index (χ4n) is 1.99. The van der Waals surface area contributed by atoms with E-state index in [9.17, 15) is 14.0 Å². The molecule has 0 saturated heterocycles. The van der Waals surface area contributed by atoms with E-state index in [4.69, 9.17) is 4.52 Å². The van der Waals surface area contributed by atoms with Crippen molar-refractivity contribution in [2.45, 2.75) is 13.5 Å². The summed E-state index contributed by atoms with van der Waals surface area (Å²) in [7, 11) is 0. The summed E-state index contributed by atoms with van der Waals surface area (Å²) >= 11 is 2.99. The number of anilines is 1. The molecule has 8 heteroatoms. The molecule has 0 bridgehead atoms. The lowest BCUT2D eigenvalue weighted by Crippen LogP contribution is -2.29. The predicted octanol–water partition coefficient (Wildman–Crippen LogP) is 2.01. The molecule has 0 unspecified atom stereocenters. The Morgan fingerprint density at radius 2 is 2.15 bits per heavy atom. The number of aryl methyl sites for hydroxylation is 1. The molecule has 0 N–H and O–H groups in total. The summed E-state index contributed by atoms with van der Waals surface area (Å²) < 4.78 is 18.6. The minimum Gasteiger partial charge on any atom is -0.337 e. The zero-order valence-electron chi connectivity index (χ0n) is 10.2. The predicted molar refractivity (Wildman–Crippen MR) is 68.7 cm³/mol. The van der Waals surface area contributed by atoms with Crippen LogP contribution in [-0.4, -0.2) is 21.8 Å². The summed E-state index contributed by atoms with van der Waals surface area (Å²) in [4.78, 5) is 28.9. The van der Waals surface area contributed by atoms with E-state index < -0.39 is 17.5 Å². The van der Waals surface area contributed by atoms with E-state index in [1.165, 1.54) is 6.07 Å². The van der Waals surface area contributed by atoms with Crippen LogP contribution in [0.25, 0.3) is 0 Å². The molecule has 0 radical (unpaired) electrons. The van der Waals surface area contributed by atoms with E-state index in [1.54, 1.807) is 6.92 Å². The summed E-state index contributed by atoms with van der Waals surface area (Å²) in [6.45, 7) is 1.56. The number of aromatic nitrogens is 2. The van der Waals surface area contributed by atoms with Crippen LogP contribution >= 0.6 is 15.9 Å². The summed E-state index contributed by atoms with van der Waals surface area (Å²) in [5.41, 5.74) is 0.357. The monoisotopic (exact) mass is 339 g/mol. The maximum atomic E-state index is 13.6. The molecule has 2 aromatic rings. The lowest BCUT2D eigenvalue weighted by Gasteiger charge is -2.13. The molecule has 6 nitrogen and oxygen atoms in total. The van der Waals surface area contributed by atoms with Gasteiger partial charge < -0.3 is 4.52 Å². The maximum Gasteiger partial charge on any atom is 0.299 e. The molecule has 1 aliphatic rings. The highest BCUT2D eigenvalue weighted by atomic mass is 79.9. The molecule has 102 valence electrons. The second-order valence-corrected chi connectivity index (χ2v) is 5.09. The normalized spacial score (nSPS) is 14.1.